The van der Waals surface area contributed by atoms with Crippen LogP contribution in [0.1, 0.15) is 19.4 Å². The normalized spacial score (nSPS) is 10.7. The Morgan fingerprint density at radius 3 is 2.63 bits per heavy atom. The van der Waals surface area contributed by atoms with E-state index in [9.17, 15) is 0 Å². The first kappa shape index (κ1) is 14.1. The first-order valence-corrected chi connectivity index (χ1v) is 7.74. The van der Waals surface area contributed by atoms with E-state index in [0.717, 1.165) is 21.8 Å². The number of anilines is 1. The van der Waals surface area contributed by atoms with Gasteiger partial charge in [-0.1, -0.05) is 49.1 Å². The summed E-state index contributed by atoms with van der Waals surface area (Å²) >= 11 is 3.33. The van der Waals surface area contributed by atoms with Crippen molar-refractivity contribution in [2.24, 2.45) is 0 Å². The van der Waals surface area contributed by atoms with Gasteiger partial charge in [-0.15, -0.1) is 10.2 Å². The Morgan fingerprint density at radius 1 is 1.26 bits per heavy atom. The van der Waals surface area contributed by atoms with Gasteiger partial charge >= 0.3 is 0 Å². The highest BCUT2D eigenvalue weighted by molar-refractivity contribution is 8.01. The molecule has 0 aliphatic carbocycles. The molecule has 0 amide bonds. The number of nitrogens with one attached hydrogen (secondary N) is 1. The van der Waals surface area contributed by atoms with Crippen LogP contribution in [0.25, 0.3) is 0 Å². The lowest BCUT2D eigenvalue weighted by Gasteiger charge is -2.04. The Hall–Kier alpha value is -1.27. The number of nitrogens with zero attached hydrogens (tertiary/aromatic N) is 2. The van der Waals surface area contributed by atoms with Gasteiger partial charge in [0.2, 0.25) is 5.13 Å². The van der Waals surface area contributed by atoms with Gasteiger partial charge in [0.25, 0.3) is 0 Å². The molecule has 1 aromatic heterocycles. The van der Waals surface area contributed by atoms with Crippen molar-refractivity contribution in [2.75, 3.05) is 12.4 Å². The van der Waals surface area contributed by atoms with Gasteiger partial charge in [0.1, 0.15) is 5.75 Å². The van der Waals surface area contributed by atoms with Crippen molar-refractivity contribution in [1.82, 2.24) is 10.2 Å². The lowest BCUT2D eigenvalue weighted by atomic mass is 10.2. The van der Waals surface area contributed by atoms with Crippen molar-refractivity contribution >= 4 is 28.2 Å². The molecule has 0 fully saturated rings. The number of rotatable bonds is 6. The number of benzene rings is 1. The largest absolute Gasteiger partial charge is 0.497 e. The molecule has 0 spiro atoms. The molecule has 0 aliphatic rings. The second kappa shape index (κ2) is 6.77. The van der Waals surface area contributed by atoms with E-state index in [2.05, 4.69) is 29.4 Å². The molecule has 102 valence electrons. The summed E-state index contributed by atoms with van der Waals surface area (Å²) in [5.41, 5.74) is 1.19. The van der Waals surface area contributed by atoms with Crippen LogP contribution < -0.4 is 10.1 Å². The van der Waals surface area contributed by atoms with E-state index in [4.69, 9.17) is 4.74 Å². The summed E-state index contributed by atoms with van der Waals surface area (Å²) < 4.78 is 6.14. The molecule has 0 radical (unpaired) electrons. The minimum Gasteiger partial charge on any atom is -0.497 e. The van der Waals surface area contributed by atoms with Crippen LogP contribution in [0.5, 0.6) is 5.75 Å². The van der Waals surface area contributed by atoms with Crippen LogP contribution in [0.3, 0.4) is 0 Å². The molecule has 0 saturated heterocycles. The average Bonchev–Trinajstić information content (AvgIpc) is 2.84. The summed E-state index contributed by atoms with van der Waals surface area (Å²) in [6.45, 7) is 5.04. The van der Waals surface area contributed by atoms with E-state index in [0.29, 0.717) is 5.25 Å². The quantitative estimate of drug-likeness (QED) is 0.824. The van der Waals surface area contributed by atoms with Gasteiger partial charge < -0.3 is 10.1 Å². The molecule has 0 aliphatic heterocycles. The van der Waals surface area contributed by atoms with Gasteiger partial charge in [0.15, 0.2) is 4.34 Å². The molecule has 1 N–H and O–H groups in total. The van der Waals surface area contributed by atoms with E-state index in [1.807, 2.05) is 24.3 Å². The third-order valence-corrected chi connectivity index (χ3v) is 4.31. The van der Waals surface area contributed by atoms with Crippen molar-refractivity contribution in [3.8, 4) is 5.75 Å². The van der Waals surface area contributed by atoms with Gasteiger partial charge in [0, 0.05) is 11.8 Å². The van der Waals surface area contributed by atoms with E-state index in [-0.39, 0.29) is 0 Å². The van der Waals surface area contributed by atoms with Crippen LogP contribution in [0.15, 0.2) is 28.6 Å². The van der Waals surface area contributed by atoms with Gasteiger partial charge in [-0.05, 0) is 17.7 Å². The molecule has 1 heterocycles. The van der Waals surface area contributed by atoms with E-state index in [1.54, 1.807) is 30.2 Å². The molecular formula is C13H17N3OS2. The number of thioether (sulfide) groups is 1. The third-order valence-electron chi connectivity index (χ3n) is 2.35. The highest BCUT2D eigenvalue weighted by atomic mass is 32.2. The van der Waals surface area contributed by atoms with Crippen molar-refractivity contribution in [3.63, 3.8) is 0 Å². The van der Waals surface area contributed by atoms with Crippen molar-refractivity contribution in [1.29, 1.82) is 0 Å². The minimum absolute atomic E-state index is 0.530. The van der Waals surface area contributed by atoms with Crippen LogP contribution in [-0.4, -0.2) is 22.6 Å². The van der Waals surface area contributed by atoms with Crippen LogP contribution in [0.2, 0.25) is 0 Å². The van der Waals surface area contributed by atoms with Crippen LogP contribution in [-0.2, 0) is 6.54 Å². The molecule has 2 rings (SSSR count). The fraction of sp³-hybridized carbons (Fsp3) is 0.385. The second-order valence-electron chi connectivity index (χ2n) is 4.24. The van der Waals surface area contributed by atoms with Crippen LogP contribution in [0, 0.1) is 0 Å². The highest BCUT2D eigenvalue weighted by Crippen LogP contribution is 2.28. The Labute approximate surface area is 121 Å². The topological polar surface area (TPSA) is 47.0 Å². The number of hydrogen-bond donors (Lipinski definition) is 1. The van der Waals surface area contributed by atoms with Crippen molar-refractivity contribution in [3.05, 3.63) is 29.8 Å². The van der Waals surface area contributed by atoms with Gasteiger partial charge in [0.05, 0.1) is 7.11 Å². The summed E-state index contributed by atoms with van der Waals surface area (Å²) in [5.74, 6) is 0.871. The summed E-state index contributed by atoms with van der Waals surface area (Å²) in [4.78, 5) is 0. The van der Waals surface area contributed by atoms with Gasteiger partial charge in [-0.2, -0.15) is 0 Å². The monoisotopic (exact) mass is 295 g/mol. The van der Waals surface area contributed by atoms with E-state index >= 15 is 0 Å². The lowest BCUT2D eigenvalue weighted by molar-refractivity contribution is 0.414. The summed E-state index contributed by atoms with van der Waals surface area (Å²) in [6.07, 6.45) is 0. The standard InChI is InChI=1S/C13H17N3OS2/c1-9(2)18-13-16-15-12(19-13)14-8-10-4-6-11(17-3)7-5-10/h4-7,9H,8H2,1-3H3,(H,14,15). The predicted molar refractivity (Wildman–Crippen MR) is 81.2 cm³/mol. The maximum Gasteiger partial charge on any atom is 0.206 e. The zero-order chi connectivity index (χ0) is 13.7. The number of aromatic nitrogens is 2. The molecular weight excluding hydrogens is 278 g/mol. The van der Waals surface area contributed by atoms with Crippen molar-refractivity contribution < 1.29 is 4.74 Å². The maximum atomic E-state index is 5.13. The predicted octanol–water partition coefficient (Wildman–Crippen LogP) is 3.66. The van der Waals surface area contributed by atoms with Gasteiger partial charge in [-0.3, -0.25) is 0 Å². The fourth-order valence-electron chi connectivity index (χ4n) is 1.45. The molecule has 0 bridgehead atoms. The number of methoxy groups -OCH3 is 1. The van der Waals surface area contributed by atoms with E-state index in [1.165, 1.54) is 5.56 Å². The molecule has 6 heteroatoms. The fourth-order valence-corrected chi connectivity index (χ4v) is 3.42. The Morgan fingerprint density at radius 2 is 2.00 bits per heavy atom. The molecule has 19 heavy (non-hydrogen) atoms. The Balaban J connectivity index is 1.89. The Bertz CT molecular complexity index is 511. The molecule has 0 unspecified atom stereocenters. The smallest absolute Gasteiger partial charge is 0.206 e. The minimum atomic E-state index is 0.530. The third kappa shape index (κ3) is 4.40. The molecule has 1 aromatic carbocycles. The molecule has 4 nitrogen and oxygen atoms in total. The summed E-state index contributed by atoms with van der Waals surface area (Å²) in [6, 6.07) is 7.99. The first-order chi connectivity index (χ1) is 9.17. The summed E-state index contributed by atoms with van der Waals surface area (Å²) in [7, 11) is 1.67. The maximum absolute atomic E-state index is 5.13. The number of hydrogen-bond acceptors (Lipinski definition) is 6. The second-order valence-corrected chi connectivity index (χ2v) is 7.04. The van der Waals surface area contributed by atoms with Crippen LogP contribution in [0.4, 0.5) is 5.13 Å². The Kier molecular flexibility index (Phi) is 5.04. The zero-order valence-corrected chi connectivity index (χ0v) is 12.8. The molecule has 0 atom stereocenters. The average molecular weight is 295 g/mol. The zero-order valence-electron chi connectivity index (χ0n) is 11.2. The lowest BCUT2D eigenvalue weighted by Crippen LogP contribution is -1.98. The van der Waals surface area contributed by atoms with Gasteiger partial charge in [-0.25, -0.2) is 0 Å². The number of ether oxygens (including phenoxy) is 1. The highest BCUT2D eigenvalue weighted by Gasteiger charge is 2.06. The molecule has 0 saturated carbocycles. The molecule has 2 aromatic rings. The van der Waals surface area contributed by atoms with E-state index < -0.39 is 0 Å². The first-order valence-electron chi connectivity index (χ1n) is 6.04. The van der Waals surface area contributed by atoms with Crippen molar-refractivity contribution in [2.45, 2.75) is 30.0 Å². The van der Waals surface area contributed by atoms with Crippen LogP contribution >= 0.6 is 23.1 Å². The SMILES string of the molecule is COc1ccc(CNc2nnc(SC(C)C)s2)cc1. The summed E-state index contributed by atoms with van der Waals surface area (Å²) in [5, 5.41) is 12.9.